The molecule has 2 aliphatic rings. The molecule has 3 rings (SSSR count). The van der Waals surface area contributed by atoms with Crippen LogP contribution in [0, 0.1) is 6.92 Å². The molecular weight excluding hydrogens is 240 g/mol. The number of rotatable bonds is 2. The van der Waals surface area contributed by atoms with Crippen molar-refractivity contribution in [2.45, 2.75) is 32.0 Å². The second-order valence-corrected chi connectivity index (χ2v) is 5.37. The van der Waals surface area contributed by atoms with E-state index in [0.717, 1.165) is 25.0 Å². The van der Waals surface area contributed by atoms with Gasteiger partial charge in [-0.2, -0.15) is 0 Å². The number of hydrogen-bond acceptors (Lipinski definition) is 3. The third kappa shape index (κ3) is 2.51. The Kier molecular flexibility index (Phi) is 3.53. The molecule has 2 aliphatic heterocycles. The van der Waals surface area contributed by atoms with Crippen molar-refractivity contribution in [2.75, 3.05) is 19.8 Å². The summed E-state index contributed by atoms with van der Waals surface area (Å²) in [6.07, 6.45) is 2.07. The van der Waals surface area contributed by atoms with E-state index in [9.17, 15) is 4.79 Å². The van der Waals surface area contributed by atoms with Crippen LogP contribution < -0.4 is 5.32 Å². The highest BCUT2D eigenvalue weighted by molar-refractivity contribution is 5.81. The Morgan fingerprint density at radius 3 is 2.79 bits per heavy atom. The highest BCUT2D eigenvalue weighted by atomic mass is 16.5. The van der Waals surface area contributed by atoms with Crippen LogP contribution in [0.4, 0.5) is 0 Å². The lowest BCUT2D eigenvalue weighted by atomic mass is 10.1. The van der Waals surface area contributed by atoms with Gasteiger partial charge in [0, 0.05) is 6.61 Å². The predicted molar refractivity (Wildman–Crippen MR) is 72.6 cm³/mol. The fourth-order valence-electron chi connectivity index (χ4n) is 2.90. The highest BCUT2D eigenvalue weighted by Crippen LogP contribution is 2.28. The number of benzene rings is 1. The molecule has 2 heterocycles. The van der Waals surface area contributed by atoms with E-state index in [0.29, 0.717) is 13.2 Å². The normalized spacial score (nSPS) is 27.8. The zero-order valence-corrected chi connectivity index (χ0v) is 11.3. The Morgan fingerprint density at radius 2 is 2.11 bits per heavy atom. The van der Waals surface area contributed by atoms with Gasteiger partial charge in [-0.15, -0.1) is 0 Å². The van der Waals surface area contributed by atoms with E-state index in [4.69, 9.17) is 4.74 Å². The number of amides is 1. The molecule has 1 aromatic carbocycles. The maximum atomic E-state index is 12.1. The number of carbonyl (C=O) groups is 1. The zero-order chi connectivity index (χ0) is 13.2. The van der Waals surface area contributed by atoms with Crippen LogP contribution >= 0.6 is 0 Å². The molecule has 0 radical (unpaired) electrons. The van der Waals surface area contributed by atoms with E-state index in [-0.39, 0.29) is 18.1 Å². The second kappa shape index (κ2) is 5.31. The van der Waals surface area contributed by atoms with Gasteiger partial charge < -0.3 is 9.64 Å². The van der Waals surface area contributed by atoms with Crippen molar-refractivity contribution in [3.05, 3.63) is 35.4 Å². The van der Waals surface area contributed by atoms with Crippen LogP contribution in [0.25, 0.3) is 0 Å². The van der Waals surface area contributed by atoms with Gasteiger partial charge in [-0.1, -0.05) is 29.8 Å². The van der Waals surface area contributed by atoms with E-state index in [1.165, 1.54) is 5.56 Å². The Balaban J connectivity index is 1.83. The van der Waals surface area contributed by atoms with Crippen molar-refractivity contribution in [3.63, 3.8) is 0 Å². The molecule has 1 amide bonds. The average Bonchev–Trinajstić information content (AvgIpc) is 2.82. The molecule has 2 fully saturated rings. The van der Waals surface area contributed by atoms with Crippen molar-refractivity contribution in [1.82, 2.24) is 10.2 Å². The molecule has 2 atom stereocenters. The molecule has 0 spiro atoms. The van der Waals surface area contributed by atoms with Crippen molar-refractivity contribution in [1.29, 1.82) is 0 Å². The summed E-state index contributed by atoms with van der Waals surface area (Å²) in [7, 11) is 0. The van der Waals surface area contributed by atoms with E-state index >= 15 is 0 Å². The maximum absolute atomic E-state index is 12.1. The van der Waals surface area contributed by atoms with Gasteiger partial charge in [-0.05, 0) is 25.3 Å². The summed E-state index contributed by atoms with van der Waals surface area (Å²) >= 11 is 0. The van der Waals surface area contributed by atoms with Crippen molar-refractivity contribution in [2.24, 2.45) is 0 Å². The zero-order valence-electron chi connectivity index (χ0n) is 11.3. The summed E-state index contributed by atoms with van der Waals surface area (Å²) < 4.78 is 5.52. The minimum atomic E-state index is -0.000185. The summed E-state index contributed by atoms with van der Waals surface area (Å²) in [6.45, 7) is 3.98. The Labute approximate surface area is 113 Å². The first-order valence-corrected chi connectivity index (χ1v) is 6.94. The van der Waals surface area contributed by atoms with E-state index in [2.05, 4.69) is 36.5 Å². The number of hydrogen-bond donors (Lipinski definition) is 1. The molecule has 0 aromatic heterocycles. The summed E-state index contributed by atoms with van der Waals surface area (Å²) in [4.78, 5) is 14.1. The first-order valence-electron chi connectivity index (χ1n) is 6.94. The van der Waals surface area contributed by atoms with Crippen LogP contribution in [-0.2, 0) is 9.53 Å². The molecule has 0 bridgehead atoms. The van der Waals surface area contributed by atoms with E-state index < -0.39 is 0 Å². The van der Waals surface area contributed by atoms with Crippen LogP contribution in [0.15, 0.2) is 24.3 Å². The van der Waals surface area contributed by atoms with Gasteiger partial charge in [-0.25, -0.2) is 0 Å². The molecule has 1 aromatic rings. The monoisotopic (exact) mass is 260 g/mol. The molecule has 19 heavy (non-hydrogen) atoms. The summed E-state index contributed by atoms with van der Waals surface area (Å²) in [6, 6.07) is 8.59. The van der Waals surface area contributed by atoms with Crippen LogP contribution in [0.5, 0.6) is 0 Å². The van der Waals surface area contributed by atoms with Crippen molar-refractivity contribution >= 4 is 5.91 Å². The van der Waals surface area contributed by atoms with E-state index in [1.807, 2.05) is 4.90 Å². The number of ether oxygens (including phenoxy) is 1. The number of nitrogens with zero attached hydrogens (tertiary/aromatic N) is 1. The van der Waals surface area contributed by atoms with Gasteiger partial charge in [0.05, 0.1) is 19.2 Å². The number of nitrogens with one attached hydrogen (secondary N) is 1. The summed E-state index contributed by atoms with van der Waals surface area (Å²) in [5.74, 6) is 0.182. The van der Waals surface area contributed by atoms with Crippen LogP contribution in [0.2, 0.25) is 0 Å². The Morgan fingerprint density at radius 1 is 1.32 bits per heavy atom. The van der Waals surface area contributed by atoms with Crippen molar-refractivity contribution < 1.29 is 9.53 Å². The molecular formula is C15H20N2O2. The van der Waals surface area contributed by atoms with Gasteiger partial charge in [0.25, 0.3) is 0 Å². The Hall–Kier alpha value is -1.39. The first-order chi connectivity index (χ1) is 9.25. The summed E-state index contributed by atoms with van der Waals surface area (Å²) in [5.41, 5.74) is 2.39. The lowest BCUT2D eigenvalue weighted by molar-refractivity contribution is -0.133. The molecule has 2 saturated heterocycles. The van der Waals surface area contributed by atoms with Gasteiger partial charge in [0.2, 0.25) is 5.91 Å². The smallest absolute Gasteiger partial charge is 0.238 e. The minimum absolute atomic E-state index is 0.000185. The first kappa shape index (κ1) is 12.6. The standard InChI is InChI=1S/C15H20N2O2/c1-11-4-6-12(7-5-11)15-16-9-14(18)17(15)13-3-2-8-19-10-13/h4-7,13,15-16H,2-3,8-10H2,1H3. The van der Waals surface area contributed by atoms with Crippen LogP contribution in [0.1, 0.15) is 30.1 Å². The third-order valence-electron chi connectivity index (χ3n) is 3.94. The van der Waals surface area contributed by atoms with Gasteiger partial charge in [0.15, 0.2) is 0 Å². The summed E-state index contributed by atoms with van der Waals surface area (Å²) in [5, 5.41) is 3.31. The number of aryl methyl sites for hydroxylation is 1. The fourth-order valence-corrected chi connectivity index (χ4v) is 2.90. The lowest BCUT2D eigenvalue weighted by Crippen LogP contribution is -2.44. The van der Waals surface area contributed by atoms with Gasteiger partial charge in [0.1, 0.15) is 6.17 Å². The molecule has 1 N–H and O–H groups in total. The Bertz CT molecular complexity index is 452. The number of carbonyl (C=O) groups excluding carboxylic acids is 1. The topological polar surface area (TPSA) is 41.6 Å². The van der Waals surface area contributed by atoms with Crippen molar-refractivity contribution in [3.8, 4) is 0 Å². The minimum Gasteiger partial charge on any atom is -0.379 e. The molecule has 0 aliphatic carbocycles. The molecule has 102 valence electrons. The van der Waals surface area contributed by atoms with Gasteiger partial charge >= 0.3 is 0 Å². The van der Waals surface area contributed by atoms with Crippen LogP contribution in [-0.4, -0.2) is 36.6 Å². The largest absolute Gasteiger partial charge is 0.379 e. The third-order valence-corrected chi connectivity index (χ3v) is 3.94. The quantitative estimate of drug-likeness (QED) is 0.878. The lowest BCUT2D eigenvalue weighted by Gasteiger charge is -2.35. The highest BCUT2D eigenvalue weighted by Gasteiger charge is 2.37. The van der Waals surface area contributed by atoms with E-state index in [1.54, 1.807) is 0 Å². The molecule has 4 heteroatoms. The second-order valence-electron chi connectivity index (χ2n) is 5.37. The predicted octanol–water partition coefficient (Wildman–Crippen LogP) is 1.60. The fraction of sp³-hybridized carbons (Fsp3) is 0.533. The molecule has 4 nitrogen and oxygen atoms in total. The van der Waals surface area contributed by atoms with Gasteiger partial charge in [-0.3, -0.25) is 10.1 Å². The average molecular weight is 260 g/mol. The molecule has 0 saturated carbocycles. The maximum Gasteiger partial charge on any atom is 0.238 e. The SMILES string of the molecule is Cc1ccc(C2NCC(=O)N2C2CCCOC2)cc1. The van der Waals surface area contributed by atoms with Crippen LogP contribution in [0.3, 0.4) is 0 Å². The molecule has 2 unspecified atom stereocenters.